The third-order valence-corrected chi connectivity index (χ3v) is 5.50. The highest BCUT2D eigenvalue weighted by Crippen LogP contribution is 2.32. The molecule has 5 nitrogen and oxygen atoms in total. The Bertz CT molecular complexity index is 922. The van der Waals surface area contributed by atoms with Crippen LogP contribution in [0.15, 0.2) is 41.4 Å². The molecule has 1 amide bonds. The number of ether oxygens (including phenoxy) is 1. The summed E-state index contributed by atoms with van der Waals surface area (Å²) in [5.41, 5.74) is 5.16. The number of amides is 1. The number of rotatable bonds is 6. The molecule has 0 aliphatic carbocycles. The summed E-state index contributed by atoms with van der Waals surface area (Å²) in [6, 6.07) is 11.1. The van der Waals surface area contributed by atoms with Crippen LogP contribution in [0.25, 0.3) is 0 Å². The van der Waals surface area contributed by atoms with E-state index in [0.29, 0.717) is 34.9 Å². The quantitative estimate of drug-likeness (QED) is 0.807. The molecule has 0 radical (unpaired) electrons. The van der Waals surface area contributed by atoms with Gasteiger partial charge in [0.25, 0.3) is 0 Å². The molecule has 1 aliphatic heterocycles. The fourth-order valence-electron chi connectivity index (χ4n) is 2.89. The van der Waals surface area contributed by atoms with Gasteiger partial charge < -0.3 is 10.1 Å². The van der Waals surface area contributed by atoms with Gasteiger partial charge in [-0.3, -0.25) is 14.6 Å². The van der Waals surface area contributed by atoms with Crippen LogP contribution >= 0.6 is 11.8 Å². The van der Waals surface area contributed by atoms with Crippen molar-refractivity contribution in [1.82, 2.24) is 0 Å². The smallest absolute Gasteiger partial charge is 0.234 e. The summed E-state index contributed by atoms with van der Waals surface area (Å²) in [6.07, 6.45) is 0.319. The van der Waals surface area contributed by atoms with Crippen LogP contribution in [0.5, 0.6) is 5.75 Å². The van der Waals surface area contributed by atoms with Gasteiger partial charge in [0, 0.05) is 28.8 Å². The van der Waals surface area contributed by atoms with Crippen LogP contribution in [-0.2, 0) is 4.79 Å². The van der Waals surface area contributed by atoms with Crippen LogP contribution < -0.4 is 10.1 Å². The summed E-state index contributed by atoms with van der Waals surface area (Å²) in [4.78, 5) is 29.2. The molecule has 0 bridgehead atoms. The van der Waals surface area contributed by atoms with E-state index in [1.807, 2.05) is 44.2 Å². The number of anilines is 1. The van der Waals surface area contributed by atoms with Gasteiger partial charge in [-0.2, -0.15) is 0 Å². The van der Waals surface area contributed by atoms with Crippen LogP contribution in [0.1, 0.15) is 27.9 Å². The van der Waals surface area contributed by atoms with Gasteiger partial charge in [0.05, 0.1) is 25.0 Å². The Morgan fingerprint density at radius 3 is 2.85 bits per heavy atom. The first-order valence-corrected chi connectivity index (χ1v) is 9.85. The van der Waals surface area contributed by atoms with Crippen molar-refractivity contribution < 1.29 is 14.3 Å². The van der Waals surface area contributed by atoms with Crippen molar-refractivity contribution in [2.75, 3.05) is 23.9 Å². The first kappa shape index (κ1) is 19.2. The highest BCUT2D eigenvalue weighted by Gasteiger charge is 2.22. The van der Waals surface area contributed by atoms with Gasteiger partial charge in [-0.1, -0.05) is 12.1 Å². The molecule has 3 rings (SSSR count). The molecule has 1 N–H and O–H groups in total. The number of thioether (sulfide) groups is 1. The zero-order chi connectivity index (χ0) is 19.4. The second-order valence-electron chi connectivity index (χ2n) is 6.45. The Balaban J connectivity index is 1.58. The predicted molar refractivity (Wildman–Crippen MR) is 111 cm³/mol. The highest BCUT2D eigenvalue weighted by atomic mass is 32.2. The van der Waals surface area contributed by atoms with Crippen LogP contribution in [0.3, 0.4) is 0 Å². The molecule has 0 saturated heterocycles. The number of nitrogens with one attached hydrogen (secondary N) is 1. The standard InChI is InChI=1S/C21H22N2O3S/c1-13-7-8-18-19(24)10-16(23-21(18)14(13)2)11-27-12-20(25)22-15-5-4-6-17(9-15)26-3/h4-9H,10-12H2,1-3H3,(H,22,25). The van der Waals surface area contributed by atoms with Crippen LogP contribution in [0, 0.1) is 13.8 Å². The fraction of sp³-hybridized carbons (Fsp3) is 0.286. The minimum atomic E-state index is -0.0941. The molecule has 27 heavy (non-hydrogen) atoms. The lowest BCUT2D eigenvalue weighted by atomic mass is 9.95. The molecular formula is C21H22N2O3S. The first-order chi connectivity index (χ1) is 13.0. The molecule has 140 valence electrons. The average Bonchev–Trinajstić information content (AvgIpc) is 2.65. The number of hydrogen-bond donors (Lipinski definition) is 1. The van der Waals surface area contributed by atoms with Gasteiger partial charge in [0.1, 0.15) is 5.75 Å². The lowest BCUT2D eigenvalue weighted by Gasteiger charge is -2.17. The summed E-state index contributed by atoms with van der Waals surface area (Å²) < 4.78 is 5.15. The van der Waals surface area contributed by atoms with Crippen molar-refractivity contribution in [3.8, 4) is 5.75 Å². The number of aliphatic imine (C=N–C) groups is 1. The zero-order valence-electron chi connectivity index (χ0n) is 15.7. The topological polar surface area (TPSA) is 67.8 Å². The minimum Gasteiger partial charge on any atom is -0.497 e. The van der Waals surface area contributed by atoms with Gasteiger partial charge in [-0.05, 0) is 43.2 Å². The van der Waals surface area contributed by atoms with Crippen molar-refractivity contribution in [3.05, 3.63) is 53.1 Å². The second kappa shape index (κ2) is 8.39. The monoisotopic (exact) mass is 382 g/mol. The van der Waals surface area contributed by atoms with E-state index in [1.165, 1.54) is 11.8 Å². The van der Waals surface area contributed by atoms with Gasteiger partial charge in [-0.25, -0.2) is 0 Å². The molecule has 0 atom stereocenters. The molecule has 0 unspecified atom stereocenters. The summed E-state index contributed by atoms with van der Waals surface area (Å²) in [6.45, 7) is 4.00. The normalized spacial score (nSPS) is 13.0. The van der Waals surface area contributed by atoms with Crippen molar-refractivity contribution in [1.29, 1.82) is 0 Å². The minimum absolute atomic E-state index is 0.0941. The second-order valence-corrected chi connectivity index (χ2v) is 7.44. The van der Waals surface area contributed by atoms with E-state index in [4.69, 9.17) is 4.74 Å². The number of benzene rings is 2. The maximum Gasteiger partial charge on any atom is 0.234 e. The predicted octanol–water partition coefficient (Wildman–Crippen LogP) is 4.34. The van der Waals surface area contributed by atoms with Gasteiger partial charge >= 0.3 is 0 Å². The van der Waals surface area contributed by atoms with E-state index in [2.05, 4.69) is 10.3 Å². The molecule has 0 aromatic heterocycles. The molecule has 6 heteroatoms. The van der Waals surface area contributed by atoms with E-state index < -0.39 is 0 Å². The van der Waals surface area contributed by atoms with E-state index in [9.17, 15) is 9.59 Å². The Hall–Kier alpha value is -2.60. The lowest BCUT2D eigenvalue weighted by molar-refractivity contribution is -0.113. The third kappa shape index (κ3) is 4.57. The van der Waals surface area contributed by atoms with Crippen molar-refractivity contribution in [2.24, 2.45) is 4.99 Å². The van der Waals surface area contributed by atoms with E-state index in [0.717, 1.165) is 22.5 Å². The Labute approximate surface area is 163 Å². The fourth-order valence-corrected chi connectivity index (χ4v) is 3.65. The molecular weight excluding hydrogens is 360 g/mol. The highest BCUT2D eigenvalue weighted by molar-refractivity contribution is 8.00. The largest absolute Gasteiger partial charge is 0.497 e. The van der Waals surface area contributed by atoms with Crippen LogP contribution in [-0.4, -0.2) is 36.0 Å². The average molecular weight is 382 g/mol. The maximum absolute atomic E-state index is 12.4. The number of fused-ring (bicyclic) bond motifs is 1. The number of carbonyl (C=O) groups is 2. The summed E-state index contributed by atoms with van der Waals surface area (Å²) in [5.74, 6) is 1.55. The molecule has 1 heterocycles. The van der Waals surface area contributed by atoms with E-state index >= 15 is 0 Å². The van der Waals surface area contributed by atoms with Gasteiger partial charge in [0.2, 0.25) is 5.91 Å². The Morgan fingerprint density at radius 2 is 2.07 bits per heavy atom. The van der Waals surface area contributed by atoms with Crippen molar-refractivity contribution in [3.63, 3.8) is 0 Å². The molecule has 0 spiro atoms. The SMILES string of the molecule is COc1cccc(NC(=O)CSCC2=Nc3c(ccc(C)c3C)C(=O)C2)c1. The summed E-state index contributed by atoms with van der Waals surface area (Å²) >= 11 is 1.46. The lowest BCUT2D eigenvalue weighted by Crippen LogP contribution is -2.18. The number of hydrogen-bond acceptors (Lipinski definition) is 5. The molecule has 0 fully saturated rings. The zero-order valence-corrected chi connectivity index (χ0v) is 16.5. The first-order valence-electron chi connectivity index (χ1n) is 8.69. The van der Waals surface area contributed by atoms with Crippen molar-refractivity contribution >= 4 is 40.5 Å². The Kier molecular flexibility index (Phi) is 5.96. The van der Waals surface area contributed by atoms with Crippen LogP contribution in [0.2, 0.25) is 0 Å². The third-order valence-electron chi connectivity index (χ3n) is 4.49. The number of aryl methyl sites for hydroxylation is 1. The van der Waals surface area contributed by atoms with Crippen LogP contribution in [0.4, 0.5) is 11.4 Å². The number of carbonyl (C=O) groups excluding carboxylic acids is 2. The Morgan fingerprint density at radius 1 is 1.26 bits per heavy atom. The number of methoxy groups -OCH3 is 1. The molecule has 1 aliphatic rings. The van der Waals surface area contributed by atoms with Gasteiger partial charge in [-0.15, -0.1) is 11.8 Å². The molecule has 2 aromatic carbocycles. The number of ketones is 1. The van der Waals surface area contributed by atoms with Gasteiger partial charge in [0.15, 0.2) is 5.78 Å². The molecule has 2 aromatic rings. The van der Waals surface area contributed by atoms with Crippen molar-refractivity contribution in [2.45, 2.75) is 20.3 Å². The summed E-state index contributed by atoms with van der Waals surface area (Å²) in [7, 11) is 1.59. The van der Waals surface area contributed by atoms with E-state index in [1.54, 1.807) is 13.2 Å². The number of nitrogens with zero attached hydrogens (tertiary/aromatic N) is 1. The maximum atomic E-state index is 12.4. The number of Topliss-reactive ketones (excluding diaryl/α,β-unsaturated/α-hetero) is 1. The molecule has 0 saturated carbocycles. The van der Waals surface area contributed by atoms with E-state index in [-0.39, 0.29) is 11.7 Å². The summed E-state index contributed by atoms with van der Waals surface area (Å²) in [5, 5.41) is 2.85.